The molecule has 0 aliphatic carbocycles. The normalized spacial score (nSPS) is 13.3. The van der Waals surface area contributed by atoms with Crippen molar-refractivity contribution in [1.82, 2.24) is 9.80 Å². The number of nitrogens with one attached hydrogen (secondary N) is 2. The molecule has 2 heterocycles. The lowest BCUT2D eigenvalue weighted by Gasteiger charge is -2.34. The Morgan fingerprint density at radius 2 is 1.50 bits per heavy atom. The van der Waals surface area contributed by atoms with Crippen LogP contribution >= 0.6 is 0 Å². The van der Waals surface area contributed by atoms with Crippen LogP contribution in [0.15, 0.2) is 72.9 Å². The van der Waals surface area contributed by atoms with Crippen LogP contribution in [0.2, 0.25) is 0 Å². The van der Waals surface area contributed by atoms with Gasteiger partial charge in [-0.25, -0.2) is 9.18 Å². The summed E-state index contributed by atoms with van der Waals surface area (Å²) in [6.07, 6.45) is 1.23. The zero-order valence-electron chi connectivity index (χ0n) is 18.1. The number of carbonyl (C=O) groups is 3. The lowest BCUT2D eigenvalue weighted by atomic mass is 10.2. The summed E-state index contributed by atoms with van der Waals surface area (Å²) in [5, 5.41) is 17.2. The van der Waals surface area contributed by atoms with Crippen LogP contribution in [0.25, 0.3) is 0 Å². The van der Waals surface area contributed by atoms with Gasteiger partial charge in [0.15, 0.2) is 6.20 Å². The predicted octanol–water partition coefficient (Wildman–Crippen LogP) is 2.70. The Morgan fingerprint density at radius 1 is 0.824 bits per heavy atom. The number of urea groups is 1. The number of pyridine rings is 1. The molecule has 0 radical (unpaired) electrons. The number of benzene rings is 2. The second kappa shape index (κ2) is 9.99. The Morgan fingerprint density at radius 3 is 2.21 bits per heavy atom. The highest BCUT2D eigenvalue weighted by molar-refractivity contribution is 6.02. The van der Waals surface area contributed by atoms with Crippen molar-refractivity contribution in [2.24, 2.45) is 0 Å². The number of carbonyl (C=O) groups excluding carboxylic acids is 3. The number of hydrogen-bond acceptors (Lipinski definition) is 4. The monoisotopic (exact) mass is 463 g/mol. The fourth-order valence-electron chi connectivity index (χ4n) is 3.59. The van der Waals surface area contributed by atoms with Gasteiger partial charge in [0.2, 0.25) is 0 Å². The number of nitrogens with zero attached hydrogens (tertiary/aromatic N) is 3. The van der Waals surface area contributed by atoms with E-state index in [1.54, 1.807) is 46.2 Å². The van der Waals surface area contributed by atoms with E-state index in [1.165, 1.54) is 36.5 Å². The van der Waals surface area contributed by atoms with Gasteiger partial charge >= 0.3 is 11.9 Å². The second-order valence-corrected chi connectivity index (χ2v) is 7.67. The number of amides is 4. The summed E-state index contributed by atoms with van der Waals surface area (Å²) in [5.74, 6) is -1.32. The van der Waals surface area contributed by atoms with Gasteiger partial charge in [0, 0.05) is 55.2 Å². The molecule has 1 aromatic heterocycles. The number of rotatable bonds is 4. The molecule has 0 atom stereocenters. The second-order valence-electron chi connectivity index (χ2n) is 7.67. The van der Waals surface area contributed by atoms with Gasteiger partial charge in [0.1, 0.15) is 5.82 Å². The van der Waals surface area contributed by atoms with Crippen molar-refractivity contribution in [3.8, 4) is 0 Å². The summed E-state index contributed by atoms with van der Waals surface area (Å²) in [6.45, 7) is 1.29. The van der Waals surface area contributed by atoms with Crippen LogP contribution in [-0.4, -0.2) is 53.8 Å². The zero-order valence-corrected chi connectivity index (χ0v) is 18.1. The number of aromatic nitrogens is 1. The molecule has 1 aliphatic heterocycles. The fourth-order valence-corrected chi connectivity index (χ4v) is 3.59. The maximum absolute atomic E-state index is 13.4. The summed E-state index contributed by atoms with van der Waals surface area (Å²) in [6, 6.07) is 16.3. The summed E-state index contributed by atoms with van der Waals surface area (Å²) >= 11 is 0. The molecule has 34 heavy (non-hydrogen) atoms. The Hall–Kier alpha value is -4.47. The maximum Gasteiger partial charge on any atom is 0.321 e. The van der Waals surface area contributed by atoms with Crippen molar-refractivity contribution >= 4 is 29.2 Å². The third kappa shape index (κ3) is 5.29. The van der Waals surface area contributed by atoms with Gasteiger partial charge in [-0.05, 0) is 42.5 Å². The average molecular weight is 463 g/mol. The Labute approximate surface area is 195 Å². The average Bonchev–Trinajstić information content (AvgIpc) is 2.84. The van der Waals surface area contributed by atoms with Crippen molar-refractivity contribution in [3.05, 3.63) is 95.2 Å². The smallest absolute Gasteiger partial charge is 0.321 e. The van der Waals surface area contributed by atoms with Crippen molar-refractivity contribution in [2.45, 2.75) is 0 Å². The molecule has 0 bridgehead atoms. The van der Waals surface area contributed by atoms with Gasteiger partial charge in [-0.15, -0.1) is 0 Å². The molecule has 1 saturated heterocycles. The SMILES string of the molecule is O=C(Nc1cccc(NC(=O)N2CCN(C(=O)c3cccc(F)c3)CC2)c1)c1cccc[n+]1[O-]. The lowest BCUT2D eigenvalue weighted by molar-refractivity contribution is -0.607. The molecule has 9 nitrogen and oxygen atoms in total. The first-order valence-electron chi connectivity index (χ1n) is 10.6. The first-order valence-corrected chi connectivity index (χ1v) is 10.6. The van der Waals surface area contributed by atoms with Crippen molar-refractivity contribution in [3.63, 3.8) is 0 Å². The molecular formula is C24H22FN5O4. The van der Waals surface area contributed by atoms with Crippen molar-refractivity contribution in [1.29, 1.82) is 0 Å². The van der Waals surface area contributed by atoms with Crippen LogP contribution in [0.4, 0.5) is 20.6 Å². The minimum Gasteiger partial charge on any atom is -0.618 e. The van der Waals surface area contributed by atoms with E-state index in [0.29, 0.717) is 42.3 Å². The molecule has 4 rings (SSSR count). The van der Waals surface area contributed by atoms with E-state index in [0.717, 1.165) is 0 Å². The first-order chi connectivity index (χ1) is 16.4. The quantitative estimate of drug-likeness (QED) is 0.458. The van der Waals surface area contributed by atoms with Gasteiger partial charge in [-0.2, -0.15) is 4.73 Å². The number of halogens is 1. The van der Waals surface area contributed by atoms with E-state index in [9.17, 15) is 24.0 Å². The van der Waals surface area contributed by atoms with Crippen molar-refractivity contribution < 1.29 is 23.5 Å². The highest BCUT2D eigenvalue weighted by Crippen LogP contribution is 2.17. The van der Waals surface area contributed by atoms with E-state index in [-0.39, 0.29) is 23.2 Å². The molecule has 3 aromatic rings. The van der Waals surface area contributed by atoms with Crippen LogP contribution < -0.4 is 15.4 Å². The molecule has 0 unspecified atom stereocenters. The van der Waals surface area contributed by atoms with E-state index in [1.807, 2.05) is 0 Å². The van der Waals surface area contributed by atoms with E-state index in [2.05, 4.69) is 10.6 Å². The Bertz CT molecular complexity index is 1230. The van der Waals surface area contributed by atoms with Crippen LogP contribution in [-0.2, 0) is 0 Å². The Kier molecular flexibility index (Phi) is 6.67. The molecule has 0 spiro atoms. The van der Waals surface area contributed by atoms with E-state index in [4.69, 9.17) is 0 Å². The summed E-state index contributed by atoms with van der Waals surface area (Å²) < 4.78 is 13.9. The predicted molar refractivity (Wildman–Crippen MR) is 123 cm³/mol. The molecule has 2 aromatic carbocycles. The zero-order chi connectivity index (χ0) is 24.1. The third-order valence-corrected chi connectivity index (χ3v) is 5.35. The van der Waals surface area contributed by atoms with Gasteiger partial charge in [0.25, 0.3) is 11.6 Å². The van der Waals surface area contributed by atoms with Crippen molar-refractivity contribution in [2.75, 3.05) is 36.8 Å². The van der Waals surface area contributed by atoms with Gasteiger partial charge in [0.05, 0.1) is 0 Å². The topological polar surface area (TPSA) is 109 Å². The molecule has 1 aliphatic rings. The van der Waals surface area contributed by atoms with Crippen LogP contribution in [0.1, 0.15) is 20.8 Å². The molecule has 174 valence electrons. The van der Waals surface area contributed by atoms with Gasteiger partial charge < -0.3 is 25.6 Å². The molecule has 0 saturated carbocycles. The van der Waals surface area contributed by atoms with E-state index >= 15 is 0 Å². The highest BCUT2D eigenvalue weighted by atomic mass is 19.1. The molecular weight excluding hydrogens is 441 g/mol. The van der Waals surface area contributed by atoms with Crippen LogP contribution in [0.5, 0.6) is 0 Å². The van der Waals surface area contributed by atoms with Crippen LogP contribution in [0.3, 0.4) is 0 Å². The maximum atomic E-state index is 13.4. The van der Waals surface area contributed by atoms with E-state index < -0.39 is 11.7 Å². The number of anilines is 2. The first kappa shape index (κ1) is 22.7. The molecule has 10 heteroatoms. The highest BCUT2D eigenvalue weighted by Gasteiger charge is 2.25. The molecule has 1 fully saturated rings. The lowest BCUT2D eigenvalue weighted by Crippen LogP contribution is -2.51. The third-order valence-electron chi connectivity index (χ3n) is 5.35. The number of hydrogen-bond donors (Lipinski definition) is 2. The largest absolute Gasteiger partial charge is 0.618 e. The van der Waals surface area contributed by atoms with Gasteiger partial charge in [-0.3, -0.25) is 9.59 Å². The Balaban J connectivity index is 1.32. The minimum atomic E-state index is -0.571. The molecule has 4 amide bonds. The fraction of sp³-hybridized carbons (Fsp3) is 0.167. The standard InChI is InChI=1S/C24H22FN5O4/c25-18-6-3-5-17(15-18)23(32)28-11-13-29(14-12-28)24(33)27-20-8-4-7-19(16-20)26-22(31)21-9-1-2-10-30(21)34/h1-10,15-16H,11-14H2,(H,26,31)(H,27,33). The van der Waals surface area contributed by atoms with Crippen LogP contribution in [0, 0.1) is 11.0 Å². The number of piperazine rings is 1. The van der Waals surface area contributed by atoms with Gasteiger partial charge in [-0.1, -0.05) is 12.1 Å². The summed E-state index contributed by atoms with van der Waals surface area (Å²) in [4.78, 5) is 40.7. The molecule has 2 N–H and O–H groups in total. The minimum absolute atomic E-state index is 0.0532. The summed E-state index contributed by atoms with van der Waals surface area (Å²) in [5.41, 5.74) is 1.10. The summed E-state index contributed by atoms with van der Waals surface area (Å²) in [7, 11) is 0.